The molecule has 1 aliphatic heterocycles. The van der Waals surface area contributed by atoms with Gasteiger partial charge in [0.1, 0.15) is 31.0 Å². The zero-order valence-electron chi connectivity index (χ0n) is 34.7. The molecule has 10 heteroatoms. The monoisotopic (exact) mass is 781 g/mol. The van der Waals surface area contributed by atoms with E-state index in [1.54, 1.807) is 0 Å². The van der Waals surface area contributed by atoms with Gasteiger partial charge in [0.15, 0.2) is 12.4 Å². The molecule has 0 aromatic heterocycles. The lowest BCUT2D eigenvalue weighted by molar-refractivity contribution is -0.305. The molecule has 0 amide bonds. The number of carbonyl (C=O) groups is 2. The molecule has 1 aliphatic rings. The number of esters is 2. The highest BCUT2D eigenvalue weighted by molar-refractivity contribution is 5.70. The third kappa shape index (κ3) is 28.0. The van der Waals surface area contributed by atoms with Gasteiger partial charge in [0.2, 0.25) is 0 Å². The number of unbranched alkanes of at least 4 members (excludes halogenated alkanes) is 19. The summed E-state index contributed by atoms with van der Waals surface area (Å²) in [6.45, 7) is 3.37. The highest BCUT2D eigenvalue weighted by Gasteiger charge is 2.44. The van der Waals surface area contributed by atoms with E-state index in [0.717, 1.165) is 57.8 Å². The molecule has 0 aliphatic carbocycles. The van der Waals surface area contributed by atoms with Crippen molar-refractivity contribution in [3.8, 4) is 0 Å². The Labute approximate surface area is 334 Å². The van der Waals surface area contributed by atoms with E-state index in [0.29, 0.717) is 6.42 Å². The first-order valence-electron chi connectivity index (χ1n) is 22.1. The molecule has 6 atom stereocenters. The molecule has 0 bridgehead atoms. The standard InChI is InChI=1S/C45H80O10/c1-3-5-7-9-11-13-15-17-18-19-20-22-24-26-28-30-32-34-41(48)54-38(37-53-45-44(51)43(50)42(49)39(35-46)55-45)36-52-40(47)33-31-29-27-25-23-21-16-14-12-10-8-6-4-2/h11,13,17-18,20,22,38-39,42-46,49-51H,3-10,12,14-16,19,21,23-37H2,1-2H3/b13-11+,18-17+,22-20+/t38-,39-,42+,43?,44?,45-/m1/s1. The number of ether oxygens (including phenoxy) is 4. The summed E-state index contributed by atoms with van der Waals surface area (Å²) in [4.78, 5) is 25.3. The van der Waals surface area contributed by atoms with E-state index in [4.69, 9.17) is 18.9 Å². The van der Waals surface area contributed by atoms with Crippen LogP contribution in [-0.2, 0) is 28.5 Å². The van der Waals surface area contributed by atoms with Crippen molar-refractivity contribution in [3.05, 3.63) is 36.5 Å². The first-order valence-corrected chi connectivity index (χ1v) is 22.1. The molecule has 0 radical (unpaired) electrons. The normalized spacial score (nSPS) is 20.9. The van der Waals surface area contributed by atoms with Crippen LogP contribution in [0.5, 0.6) is 0 Å². The summed E-state index contributed by atoms with van der Waals surface area (Å²) in [6, 6.07) is 0. The van der Waals surface area contributed by atoms with Crippen molar-refractivity contribution < 1.29 is 49.0 Å². The second-order valence-electron chi connectivity index (χ2n) is 15.2. The average Bonchev–Trinajstić information content (AvgIpc) is 3.18. The minimum atomic E-state index is -1.60. The van der Waals surface area contributed by atoms with Gasteiger partial charge in [-0.1, -0.05) is 153 Å². The molecular weight excluding hydrogens is 700 g/mol. The van der Waals surface area contributed by atoms with Crippen LogP contribution in [0.2, 0.25) is 0 Å². The van der Waals surface area contributed by atoms with Gasteiger partial charge < -0.3 is 39.4 Å². The molecule has 320 valence electrons. The fourth-order valence-electron chi connectivity index (χ4n) is 6.49. The summed E-state index contributed by atoms with van der Waals surface area (Å²) in [5, 5.41) is 40.0. The Bertz CT molecular complexity index is 996. The molecule has 55 heavy (non-hydrogen) atoms. The van der Waals surface area contributed by atoms with E-state index in [9.17, 15) is 30.0 Å². The third-order valence-electron chi connectivity index (χ3n) is 10.0. The van der Waals surface area contributed by atoms with Crippen LogP contribution in [0.1, 0.15) is 181 Å². The van der Waals surface area contributed by atoms with Crippen molar-refractivity contribution in [2.75, 3.05) is 19.8 Å². The number of hydrogen-bond acceptors (Lipinski definition) is 10. The Balaban J connectivity index is 2.36. The predicted molar refractivity (Wildman–Crippen MR) is 219 cm³/mol. The summed E-state index contributed by atoms with van der Waals surface area (Å²) >= 11 is 0. The van der Waals surface area contributed by atoms with Gasteiger partial charge in [-0.05, 0) is 51.4 Å². The quantitative estimate of drug-likeness (QED) is 0.0275. The summed E-state index contributed by atoms with van der Waals surface area (Å²) in [6.07, 6.45) is 32.9. The van der Waals surface area contributed by atoms with Crippen LogP contribution in [-0.4, -0.2) is 89.0 Å². The van der Waals surface area contributed by atoms with E-state index >= 15 is 0 Å². The van der Waals surface area contributed by atoms with Crippen molar-refractivity contribution in [3.63, 3.8) is 0 Å². The lowest BCUT2D eigenvalue weighted by Gasteiger charge is -2.39. The Kier molecular flexibility index (Phi) is 33.6. The van der Waals surface area contributed by atoms with Gasteiger partial charge in [-0.15, -0.1) is 0 Å². The van der Waals surface area contributed by atoms with Crippen LogP contribution in [0.15, 0.2) is 36.5 Å². The summed E-state index contributed by atoms with van der Waals surface area (Å²) < 4.78 is 22.1. The number of aliphatic hydroxyl groups is 4. The fourth-order valence-corrected chi connectivity index (χ4v) is 6.49. The maximum atomic E-state index is 12.7. The minimum Gasteiger partial charge on any atom is -0.462 e. The van der Waals surface area contributed by atoms with Gasteiger partial charge in [-0.25, -0.2) is 0 Å². The number of carbonyl (C=O) groups excluding carboxylic acids is 2. The molecular formula is C45H80O10. The highest BCUT2D eigenvalue weighted by Crippen LogP contribution is 2.22. The van der Waals surface area contributed by atoms with Crippen LogP contribution in [0.3, 0.4) is 0 Å². The molecule has 10 nitrogen and oxygen atoms in total. The van der Waals surface area contributed by atoms with Crippen LogP contribution < -0.4 is 0 Å². The van der Waals surface area contributed by atoms with E-state index in [2.05, 4.69) is 50.3 Å². The molecule has 0 saturated carbocycles. The number of hydrogen-bond donors (Lipinski definition) is 4. The van der Waals surface area contributed by atoms with E-state index in [1.165, 1.54) is 89.9 Å². The Morgan fingerprint density at radius 2 is 1.02 bits per heavy atom. The first-order chi connectivity index (χ1) is 26.8. The third-order valence-corrected chi connectivity index (χ3v) is 10.0. The molecule has 1 heterocycles. The van der Waals surface area contributed by atoms with Crippen molar-refractivity contribution >= 4 is 11.9 Å². The van der Waals surface area contributed by atoms with Crippen LogP contribution >= 0.6 is 0 Å². The van der Waals surface area contributed by atoms with Gasteiger partial charge in [-0.3, -0.25) is 9.59 Å². The van der Waals surface area contributed by atoms with E-state index < -0.39 is 49.4 Å². The largest absolute Gasteiger partial charge is 0.462 e. The minimum absolute atomic E-state index is 0.205. The van der Waals surface area contributed by atoms with E-state index in [-0.39, 0.29) is 32.0 Å². The molecule has 1 saturated heterocycles. The maximum absolute atomic E-state index is 12.7. The predicted octanol–water partition coefficient (Wildman–Crippen LogP) is 9.11. The first kappa shape index (κ1) is 50.9. The van der Waals surface area contributed by atoms with Gasteiger partial charge in [0.05, 0.1) is 13.2 Å². The molecule has 0 aromatic rings. The molecule has 2 unspecified atom stereocenters. The number of allylic oxidation sites excluding steroid dienone is 6. The Morgan fingerprint density at radius 1 is 0.564 bits per heavy atom. The van der Waals surface area contributed by atoms with Crippen molar-refractivity contribution in [2.45, 2.75) is 218 Å². The van der Waals surface area contributed by atoms with Crippen LogP contribution in [0.25, 0.3) is 0 Å². The zero-order chi connectivity index (χ0) is 40.2. The lowest BCUT2D eigenvalue weighted by Crippen LogP contribution is -2.59. The number of rotatable bonds is 36. The second-order valence-corrected chi connectivity index (χ2v) is 15.2. The lowest BCUT2D eigenvalue weighted by atomic mass is 9.99. The molecule has 1 fully saturated rings. The van der Waals surface area contributed by atoms with Crippen LogP contribution in [0.4, 0.5) is 0 Å². The van der Waals surface area contributed by atoms with Gasteiger partial charge in [0.25, 0.3) is 0 Å². The maximum Gasteiger partial charge on any atom is 0.306 e. The van der Waals surface area contributed by atoms with Crippen molar-refractivity contribution in [1.82, 2.24) is 0 Å². The summed E-state index contributed by atoms with van der Waals surface area (Å²) in [7, 11) is 0. The highest BCUT2D eigenvalue weighted by atomic mass is 16.7. The Morgan fingerprint density at radius 3 is 1.56 bits per heavy atom. The summed E-state index contributed by atoms with van der Waals surface area (Å²) in [5.41, 5.74) is 0. The molecule has 0 spiro atoms. The van der Waals surface area contributed by atoms with E-state index in [1.807, 2.05) is 0 Å². The average molecular weight is 781 g/mol. The van der Waals surface area contributed by atoms with Crippen molar-refractivity contribution in [1.29, 1.82) is 0 Å². The number of aliphatic hydroxyl groups excluding tert-OH is 4. The smallest absolute Gasteiger partial charge is 0.306 e. The molecule has 4 N–H and O–H groups in total. The SMILES string of the molecule is CCCCC/C=C/C/C=C/C/C=C/CCCCCCC(=O)O[C@H](COC(=O)CCCCCCCCCCCCCCC)CO[C@@H]1O[C@H](CO)[C@H](O)C(O)C1O. The van der Waals surface area contributed by atoms with Gasteiger partial charge in [0, 0.05) is 12.8 Å². The molecule has 0 aromatic carbocycles. The summed E-state index contributed by atoms with van der Waals surface area (Å²) in [5.74, 6) is -0.829. The second kappa shape index (κ2) is 36.3. The topological polar surface area (TPSA) is 152 Å². The van der Waals surface area contributed by atoms with Gasteiger partial charge >= 0.3 is 11.9 Å². The fraction of sp³-hybridized carbons (Fsp3) is 0.822. The molecule has 1 rings (SSSR count). The van der Waals surface area contributed by atoms with Crippen LogP contribution in [0, 0.1) is 0 Å². The zero-order valence-corrected chi connectivity index (χ0v) is 34.7. The Hall–Kier alpha value is -2.08. The van der Waals surface area contributed by atoms with Gasteiger partial charge in [-0.2, -0.15) is 0 Å². The van der Waals surface area contributed by atoms with Crippen molar-refractivity contribution in [2.24, 2.45) is 0 Å².